The van der Waals surface area contributed by atoms with Crippen molar-refractivity contribution in [1.29, 1.82) is 0 Å². The molecule has 2 unspecified atom stereocenters. The normalized spacial score (nSPS) is 22.1. The van der Waals surface area contributed by atoms with Crippen molar-refractivity contribution in [2.45, 2.75) is 11.8 Å². The second-order valence-electron chi connectivity index (χ2n) is 9.75. The first-order valence-corrected chi connectivity index (χ1v) is 12.4. The lowest BCUT2D eigenvalue weighted by molar-refractivity contribution is -0.385. The fraction of sp³-hybridized carbons (Fsp3) is 0.241. The highest BCUT2D eigenvalue weighted by atomic mass is 16.6. The Bertz CT molecular complexity index is 1470. The molecule has 0 saturated carbocycles. The van der Waals surface area contributed by atoms with Crippen molar-refractivity contribution in [3.63, 3.8) is 0 Å². The number of hydrogen-bond donors (Lipinski definition) is 0. The van der Waals surface area contributed by atoms with Crippen LogP contribution in [0.5, 0.6) is 5.75 Å². The maximum atomic E-state index is 13.6. The van der Waals surface area contributed by atoms with E-state index in [1.807, 2.05) is 48.5 Å². The third-order valence-electron chi connectivity index (χ3n) is 7.89. The van der Waals surface area contributed by atoms with Gasteiger partial charge in [-0.1, -0.05) is 48.5 Å². The van der Waals surface area contributed by atoms with Gasteiger partial charge in [0, 0.05) is 23.5 Å². The molecule has 0 aromatic heterocycles. The van der Waals surface area contributed by atoms with Crippen molar-refractivity contribution in [3.05, 3.63) is 105 Å². The lowest BCUT2D eigenvalue weighted by atomic mass is 9.55. The van der Waals surface area contributed by atoms with E-state index >= 15 is 0 Å². The molecule has 10 heteroatoms. The molecule has 10 nitrogen and oxygen atoms in total. The number of esters is 1. The van der Waals surface area contributed by atoms with E-state index in [0.717, 1.165) is 33.2 Å². The van der Waals surface area contributed by atoms with Crippen molar-refractivity contribution < 1.29 is 33.6 Å². The molecule has 1 fully saturated rings. The molecule has 3 aromatic carbocycles. The second kappa shape index (κ2) is 9.16. The van der Waals surface area contributed by atoms with Crippen molar-refractivity contribution in [2.75, 3.05) is 20.3 Å². The van der Waals surface area contributed by atoms with Crippen molar-refractivity contribution in [3.8, 4) is 5.75 Å². The van der Waals surface area contributed by atoms with Crippen LogP contribution in [0, 0.1) is 22.0 Å². The van der Waals surface area contributed by atoms with Crippen LogP contribution in [0.15, 0.2) is 66.7 Å². The molecule has 1 heterocycles. The van der Waals surface area contributed by atoms with Crippen molar-refractivity contribution in [1.82, 2.24) is 4.90 Å². The average Bonchev–Trinajstić information content (AvgIpc) is 3.20. The van der Waals surface area contributed by atoms with Gasteiger partial charge in [0.1, 0.15) is 6.54 Å². The van der Waals surface area contributed by atoms with Gasteiger partial charge in [0.15, 0.2) is 12.4 Å². The zero-order chi connectivity index (χ0) is 27.4. The number of ether oxygens (including phenoxy) is 2. The van der Waals surface area contributed by atoms with Crippen LogP contribution >= 0.6 is 0 Å². The number of Topliss-reactive ketones (excluding diaryl/α,β-unsaturated/α-hetero) is 1. The van der Waals surface area contributed by atoms with Crippen LogP contribution in [0.3, 0.4) is 0 Å². The van der Waals surface area contributed by atoms with Crippen LogP contribution in [0.4, 0.5) is 5.69 Å². The third-order valence-corrected chi connectivity index (χ3v) is 7.89. The molecule has 3 aromatic rings. The number of benzene rings is 3. The fourth-order valence-corrected chi connectivity index (χ4v) is 6.31. The standard InChI is InChI=1S/C29H22N2O8/c1-38-22-11-10-15(12-20(22)31(36)37)21(32)14-39-23(33)13-30-28(34)26-24-16-6-2-3-7-17(16)25(27(26)29(30)35)19-9-5-4-8-18(19)24/h2-12,24-27H,13-14H2,1H3. The maximum Gasteiger partial charge on any atom is 0.326 e. The summed E-state index contributed by atoms with van der Waals surface area (Å²) in [5.41, 5.74) is 3.64. The number of ketones is 1. The molecule has 1 aliphatic heterocycles. The van der Waals surface area contributed by atoms with Gasteiger partial charge in [-0.15, -0.1) is 0 Å². The van der Waals surface area contributed by atoms with E-state index in [-0.39, 0.29) is 23.1 Å². The molecule has 0 spiro atoms. The summed E-state index contributed by atoms with van der Waals surface area (Å²) in [6.45, 7) is -1.32. The van der Waals surface area contributed by atoms with E-state index in [4.69, 9.17) is 9.47 Å². The Balaban J connectivity index is 1.19. The van der Waals surface area contributed by atoms with E-state index in [2.05, 4.69) is 0 Å². The Kier molecular flexibility index (Phi) is 5.75. The highest BCUT2D eigenvalue weighted by molar-refractivity contribution is 6.09. The van der Waals surface area contributed by atoms with Crippen LogP contribution < -0.4 is 4.74 Å². The first-order valence-electron chi connectivity index (χ1n) is 12.4. The smallest absolute Gasteiger partial charge is 0.326 e. The van der Waals surface area contributed by atoms with E-state index in [0.29, 0.717) is 0 Å². The molecule has 2 bridgehead atoms. The molecule has 1 saturated heterocycles. The Hall–Kier alpha value is -4.86. The molecule has 0 radical (unpaired) electrons. The first kappa shape index (κ1) is 24.5. The van der Waals surface area contributed by atoms with Gasteiger partial charge in [0.25, 0.3) is 0 Å². The predicted octanol–water partition coefficient (Wildman–Crippen LogP) is 3.22. The first-order chi connectivity index (χ1) is 18.8. The largest absolute Gasteiger partial charge is 0.490 e. The van der Waals surface area contributed by atoms with Crippen LogP contribution in [0.25, 0.3) is 0 Å². The van der Waals surface area contributed by atoms with Gasteiger partial charge >= 0.3 is 11.7 Å². The number of rotatable bonds is 7. The number of imide groups is 1. The van der Waals surface area contributed by atoms with Gasteiger partial charge < -0.3 is 9.47 Å². The van der Waals surface area contributed by atoms with Crippen LogP contribution in [-0.4, -0.2) is 53.7 Å². The van der Waals surface area contributed by atoms with Crippen LogP contribution in [0.1, 0.15) is 44.4 Å². The molecule has 2 atom stereocenters. The Morgan fingerprint density at radius 2 is 1.38 bits per heavy atom. The average molecular weight is 527 g/mol. The topological polar surface area (TPSA) is 133 Å². The Morgan fingerprint density at radius 1 is 0.872 bits per heavy atom. The number of methoxy groups -OCH3 is 1. The summed E-state index contributed by atoms with van der Waals surface area (Å²) in [7, 11) is 1.27. The molecule has 196 valence electrons. The number of amides is 2. The summed E-state index contributed by atoms with van der Waals surface area (Å²) < 4.78 is 10.0. The molecule has 0 N–H and O–H groups in total. The Labute approximate surface area is 222 Å². The number of likely N-dealkylation sites (tertiary alicyclic amines) is 1. The zero-order valence-corrected chi connectivity index (χ0v) is 20.7. The third kappa shape index (κ3) is 3.70. The summed E-state index contributed by atoms with van der Waals surface area (Å²) in [6, 6.07) is 19.3. The zero-order valence-electron chi connectivity index (χ0n) is 20.7. The van der Waals surface area contributed by atoms with Crippen molar-refractivity contribution >= 4 is 29.3 Å². The minimum atomic E-state index is -0.922. The monoisotopic (exact) mass is 526 g/mol. The molecule has 39 heavy (non-hydrogen) atoms. The number of nitro benzene ring substituents is 1. The molecular weight excluding hydrogens is 504 g/mol. The van der Waals surface area contributed by atoms with Crippen LogP contribution in [-0.2, 0) is 19.1 Å². The number of nitro groups is 1. The molecule has 4 aliphatic rings. The SMILES string of the molecule is COc1ccc(C(=O)COC(=O)CN2C(=O)C3C4c5ccccc5C(c5ccccc54)C3C2=O)cc1[N+](=O)[O-]. The summed E-state index contributed by atoms with van der Waals surface area (Å²) in [5.74, 6) is -4.31. The summed E-state index contributed by atoms with van der Waals surface area (Å²) >= 11 is 0. The van der Waals surface area contributed by atoms with Gasteiger partial charge in [-0.3, -0.25) is 34.2 Å². The molecule has 7 rings (SSSR count). The predicted molar refractivity (Wildman–Crippen MR) is 135 cm³/mol. The fourth-order valence-electron chi connectivity index (χ4n) is 6.31. The molecular formula is C29H22N2O8. The minimum Gasteiger partial charge on any atom is -0.490 e. The van der Waals surface area contributed by atoms with Gasteiger partial charge in [-0.25, -0.2) is 0 Å². The molecule has 2 amide bonds. The van der Waals surface area contributed by atoms with Crippen molar-refractivity contribution in [2.24, 2.45) is 11.8 Å². The van der Waals surface area contributed by atoms with Crippen LogP contribution in [0.2, 0.25) is 0 Å². The van der Waals surface area contributed by atoms with Gasteiger partial charge in [0.05, 0.1) is 23.9 Å². The van der Waals surface area contributed by atoms with E-state index in [1.165, 1.54) is 19.2 Å². The Morgan fingerprint density at radius 3 is 1.85 bits per heavy atom. The molecule has 3 aliphatic carbocycles. The number of carbonyl (C=O) groups excluding carboxylic acids is 4. The van der Waals surface area contributed by atoms with Gasteiger partial charge in [-0.05, 0) is 34.4 Å². The highest BCUT2D eigenvalue weighted by Crippen LogP contribution is 2.60. The quantitative estimate of drug-likeness (QED) is 0.151. The number of carbonyl (C=O) groups is 4. The number of nitrogens with zero attached hydrogens (tertiary/aromatic N) is 2. The van der Waals surface area contributed by atoms with E-state index < -0.39 is 59.2 Å². The summed E-state index contributed by atoms with van der Waals surface area (Å²) in [6.07, 6.45) is 0. The minimum absolute atomic E-state index is 0.0145. The van der Waals surface area contributed by atoms with E-state index in [9.17, 15) is 29.3 Å². The lowest BCUT2D eigenvalue weighted by Gasteiger charge is -2.45. The second-order valence-corrected chi connectivity index (χ2v) is 9.75. The van der Waals surface area contributed by atoms with E-state index in [1.54, 1.807) is 0 Å². The number of hydrogen-bond acceptors (Lipinski definition) is 8. The summed E-state index contributed by atoms with van der Waals surface area (Å²) in [4.78, 5) is 63.9. The highest BCUT2D eigenvalue weighted by Gasteiger charge is 2.61. The summed E-state index contributed by atoms with van der Waals surface area (Å²) in [5, 5.41) is 11.2. The maximum absolute atomic E-state index is 13.6. The van der Waals surface area contributed by atoms with Gasteiger partial charge in [0.2, 0.25) is 17.6 Å². The van der Waals surface area contributed by atoms with Gasteiger partial charge in [-0.2, -0.15) is 0 Å². The lowest BCUT2D eigenvalue weighted by Crippen LogP contribution is -2.41.